The van der Waals surface area contributed by atoms with Gasteiger partial charge in [0.2, 0.25) is 5.95 Å². The standard InChI is InChI=1S/C13H10F2N2O/c1-8-2-3-11(10(14)6-8)17-13(18)9-4-5-16-12(15)7-9/h2-7H,1H3,(H,17,18). The van der Waals surface area contributed by atoms with E-state index in [1.807, 2.05) is 0 Å². The van der Waals surface area contributed by atoms with E-state index in [1.165, 1.54) is 24.4 Å². The molecule has 0 aliphatic carbocycles. The Morgan fingerprint density at radius 2 is 2.00 bits per heavy atom. The van der Waals surface area contributed by atoms with E-state index in [4.69, 9.17) is 0 Å². The minimum Gasteiger partial charge on any atom is -0.319 e. The number of pyridine rings is 1. The molecular formula is C13H10F2N2O. The zero-order valence-corrected chi connectivity index (χ0v) is 9.58. The Balaban J connectivity index is 2.21. The van der Waals surface area contributed by atoms with Crippen LogP contribution >= 0.6 is 0 Å². The average molecular weight is 248 g/mol. The fourth-order valence-electron chi connectivity index (χ4n) is 1.46. The Bertz CT molecular complexity index is 599. The second kappa shape index (κ2) is 4.91. The molecule has 0 saturated carbocycles. The second-order valence-corrected chi connectivity index (χ2v) is 3.80. The molecule has 1 aromatic heterocycles. The number of aromatic nitrogens is 1. The Labute approximate surface area is 102 Å². The molecule has 0 fully saturated rings. The van der Waals surface area contributed by atoms with E-state index in [0.29, 0.717) is 0 Å². The SMILES string of the molecule is Cc1ccc(NC(=O)c2ccnc(F)c2)c(F)c1. The van der Waals surface area contributed by atoms with Gasteiger partial charge < -0.3 is 5.32 Å². The number of carbonyl (C=O) groups is 1. The molecule has 3 nitrogen and oxygen atoms in total. The molecule has 18 heavy (non-hydrogen) atoms. The molecular weight excluding hydrogens is 238 g/mol. The lowest BCUT2D eigenvalue weighted by atomic mass is 10.2. The molecule has 0 aliphatic rings. The van der Waals surface area contributed by atoms with Crippen LogP contribution in [0, 0.1) is 18.7 Å². The molecule has 0 saturated heterocycles. The van der Waals surface area contributed by atoms with Crippen LogP contribution in [0.2, 0.25) is 0 Å². The van der Waals surface area contributed by atoms with E-state index in [1.54, 1.807) is 13.0 Å². The maximum Gasteiger partial charge on any atom is 0.255 e. The van der Waals surface area contributed by atoms with Crippen LogP contribution in [0.5, 0.6) is 0 Å². The summed E-state index contributed by atoms with van der Waals surface area (Å²) in [4.78, 5) is 15.1. The summed E-state index contributed by atoms with van der Waals surface area (Å²) in [6.45, 7) is 1.74. The van der Waals surface area contributed by atoms with E-state index in [0.717, 1.165) is 11.6 Å². The molecule has 0 aliphatic heterocycles. The number of carbonyl (C=O) groups excluding carboxylic acids is 1. The van der Waals surface area contributed by atoms with E-state index in [-0.39, 0.29) is 11.3 Å². The number of benzene rings is 1. The number of anilines is 1. The van der Waals surface area contributed by atoms with Gasteiger partial charge in [-0.05, 0) is 30.7 Å². The second-order valence-electron chi connectivity index (χ2n) is 3.80. The van der Waals surface area contributed by atoms with E-state index in [9.17, 15) is 13.6 Å². The molecule has 5 heteroatoms. The largest absolute Gasteiger partial charge is 0.319 e. The van der Waals surface area contributed by atoms with Crippen LogP contribution in [0.15, 0.2) is 36.5 Å². The highest BCUT2D eigenvalue weighted by Gasteiger charge is 2.10. The maximum absolute atomic E-state index is 13.5. The number of aryl methyl sites for hydroxylation is 1. The molecule has 2 aromatic rings. The number of nitrogens with zero attached hydrogens (tertiary/aromatic N) is 1. The van der Waals surface area contributed by atoms with Crippen molar-refractivity contribution in [1.82, 2.24) is 4.98 Å². The average Bonchev–Trinajstić information content (AvgIpc) is 2.32. The molecule has 2 rings (SSSR count). The first-order valence-electron chi connectivity index (χ1n) is 5.25. The number of halogens is 2. The first-order chi connectivity index (χ1) is 8.56. The fraction of sp³-hybridized carbons (Fsp3) is 0.0769. The highest BCUT2D eigenvalue weighted by atomic mass is 19.1. The third-order valence-electron chi connectivity index (χ3n) is 2.36. The van der Waals surface area contributed by atoms with E-state index >= 15 is 0 Å². The summed E-state index contributed by atoms with van der Waals surface area (Å²) >= 11 is 0. The molecule has 1 N–H and O–H groups in total. The topological polar surface area (TPSA) is 42.0 Å². The molecule has 1 amide bonds. The van der Waals surface area contributed by atoms with Gasteiger partial charge in [-0.2, -0.15) is 4.39 Å². The van der Waals surface area contributed by atoms with Gasteiger partial charge in [-0.3, -0.25) is 4.79 Å². The van der Waals surface area contributed by atoms with Crippen molar-refractivity contribution in [2.45, 2.75) is 6.92 Å². The predicted molar refractivity (Wildman–Crippen MR) is 63.3 cm³/mol. The van der Waals surface area contributed by atoms with Crippen LogP contribution in [0.4, 0.5) is 14.5 Å². The summed E-state index contributed by atoms with van der Waals surface area (Å²) in [5, 5.41) is 2.37. The minimum atomic E-state index is -0.757. The monoisotopic (exact) mass is 248 g/mol. The Morgan fingerprint density at radius 1 is 1.22 bits per heavy atom. The summed E-state index contributed by atoms with van der Waals surface area (Å²) in [6.07, 6.45) is 1.18. The maximum atomic E-state index is 13.5. The molecule has 1 heterocycles. The minimum absolute atomic E-state index is 0.0582. The van der Waals surface area contributed by atoms with Crippen molar-refractivity contribution in [2.24, 2.45) is 0 Å². The molecule has 92 valence electrons. The predicted octanol–water partition coefficient (Wildman–Crippen LogP) is 2.92. The van der Waals surface area contributed by atoms with Crippen LogP contribution in [-0.4, -0.2) is 10.9 Å². The van der Waals surface area contributed by atoms with Gasteiger partial charge in [-0.15, -0.1) is 0 Å². The van der Waals surface area contributed by atoms with Crippen molar-refractivity contribution in [1.29, 1.82) is 0 Å². The van der Waals surface area contributed by atoms with Gasteiger partial charge in [0.25, 0.3) is 5.91 Å². The Hall–Kier alpha value is -2.30. The summed E-state index contributed by atoms with van der Waals surface area (Å²) in [7, 11) is 0. The molecule has 0 atom stereocenters. The van der Waals surface area contributed by atoms with Crippen LogP contribution in [0.3, 0.4) is 0 Å². The van der Waals surface area contributed by atoms with Gasteiger partial charge in [0.1, 0.15) is 5.82 Å². The summed E-state index contributed by atoms with van der Waals surface area (Å²) in [5.41, 5.74) is 0.894. The Kier molecular flexibility index (Phi) is 3.32. The van der Waals surface area contributed by atoms with Crippen molar-refractivity contribution in [3.63, 3.8) is 0 Å². The zero-order chi connectivity index (χ0) is 13.1. The first-order valence-corrected chi connectivity index (χ1v) is 5.25. The fourth-order valence-corrected chi connectivity index (χ4v) is 1.46. The van der Waals surface area contributed by atoms with E-state index < -0.39 is 17.7 Å². The number of hydrogen-bond acceptors (Lipinski definition) is 2. The van der Waals surface area contributed by atoms with Crippen LogP contribution < -0.4 is 5.32 Å². The quantitative estimate of drug-likeness (QED) is 0.830. The molecule has 0 bridgehead atoms. The molecule has 0 radical (unpaired) electrons. The number of amides is 1. The third-order valence-corrected chi connectivity index (χ3v) is 2.36. The van der Waals surface area contributed by atoms with E-state index in [2.05, 4.69) is 10.3 Å². The van der Waals surface area contributed by atoms with Crippen molar-refractivity contribution in [3.8, 4) is 0 Å². The van der Waals surface area contributed by atoms with Crippen molar-refractivity contribution >= 4 is 11.6 Å². The lowest BCUT2D eigenvalue weighted by molar-refractivity contribution is 0.102. The van der Waals surface area contributed by atoms with Gasteiger partial charge in [0, 0.05) is 17.8 Å². The van der Waals surface area contributed by atoms with Crippen LogP contribution in [0.25, 0.3) is 0 Å². The van der Waals surface area contributed by atoms with Gasteiger partial charge in [-0.1, -0.05) is 6.07 Å². The van der Waals surface area contributed by atoms with Crippen molar-refractivity contribution in [2.75, 3.05) is 5.32 Å². The zero-order valence-electron chi connectivity index (χ0n) is 9.58. The number of nitrogens with one attached hydrogen (secondary N) is 1. The van der Waals surface area contributed by atoms with Gasteiger partial charge in [-0.25, -0.2) is 9.37 Å². The number of rotatable bonds is 2. The molecule has 0 unspecified atom stereocenters. The molecule has 1 aromatic carbocycles. The third kappa shape index (κ3) is 2.68. The van der Waals surface area contributed by atoms with Crippen LogP contribution in [0.1, 0.15) is 15.9 Å². The van der Waals surface area contributed by atoms with Crippen LogP contribution in [-0.2, 0) is 0 Å². The summed E-state index contributed by atoms with van der Waals surface area (Å²) < 4.78 is 26.3. The van der Waals surface area contributed by atoms with Gasteiger partial charge in [0.05, 0.1) is 5.69 Å². The molecule has 0 spiro atoms. The first kappa shape index (κ1) is 12.2. The highest BCUT2D eigenvalue weighted by Crippen LogP contribution is 2.16. The van der Waals surface area contributed by atoms with Crippen molar-refractivity contribution in [3.05, 3.63) is 59.4 Å². The van der Waals surface area contributed by atoms with Crippen molar-refractivity contribution < 1.29 is 13.6 Å². The summed E-state index contributed by atoms with van der Waals surface area (Å²) in [5.74, 6) is -1.87. The summed E-state index contributed by atoms with van der Waals surface area (Å²) in [6, 6.07) is 6.78. The smallest absolute Gasteiger partial charge is 0.255 e. The Morgan fingerprint density at radius 3 is 2.67 bits per heavy atom. The lowest BCUT2D eigenvalue weighted by Crippen LogP contribution is -2.13. The van der Waals surface area contributed by atoms with Gasteiger partial charge in [0.15, 0.2) is 0 Å². The lowest BCUT2D eigenvalue weighted by Gasteiger charge is -2.06. The number of hydrogen-bond donors (Lipinski definition) is 1. The normalized spacial score (nSPS) is 10.2. The van der Waals surface area contributed by atoms with Gasteiger partial charge >= 0.3 is 0 Å². The highest BCUT2D eigenvalue weighted by molar-refractivity contribution is 6.04.